The zero-order valence-electron chi connectivity index (χ0n) is 35.6. The summed E-state index contributed by atoms with van der Waals surface area (Å²) in [5.41, 5.74) is 9.44. The second kappa shape index (κ2) is 19.6. The molecule has 2 aliphatic rings. The van der Waals surface area contributed by atoms with Crippen molar-refractivity contribution in [3.8, 4) is 22.6 Å². The van der Waals surface area contributed by atoms with E-state index in [4.69, 9.17) is 9.47 Å². The number of anilines is 2. The van der Waals surface area contributed by atoms with E-state index >= 15 is 0 Å². The van der Waals surface area contributed by atoms with E-state index in [-0.39, 0.29) is 12.2 Å². The molecule has 6 aromatic rings. The van der Waals surface area contributed by atoms with E-state index in [1.807, 2.05) is 88.7 Å². The van der Waals surface area contributed by atoms with E-state index < -0.39 is 22.1 Å². The molecule has 0 aliphatic carbocycles. The molecule has 1 atom stereocenters. The first-order valence-electron chi connectivity index (χ1n) is 21.5. The normalized spacial score (nSPS) is 15.7. The molecule has 63 heavy (non-hydrogen) atoms. The molecular weight excluding hydrogens is 833 g/mol. The van der Waals surface area contributed by atoms with Crippen molar-refractivity contribution in [3.63, 3.8) is 0 Å². The lowest BCUT2D eigenvalue weighted by Gasteiger charge is -2.36. The molecule has 3 N–H and O–H groups in total. The molecular formula is C50H53N4O7S2+. The van der Waals surface area contributed by atoms with Gasteiger partial charge >= 0.3 is 5.97 Å². The zero-order chi connectivity index (χ0) is 43.9. The smallest absolute Gasteiger partial charge is 0.326 e. The van der Waals surface area contributed by atoms with Crippen LogP contribution >= 0.6 is 11.3 Å². The highest BCUT2D eigenvalue weighted by molar-refractivity contribution is 7.85. The first-order valence-corrected chi connectivity index (χ1v) is 23.9. The number of nitrogens with one attached hydrogen (secondary N) is 1. The Labute approximate surface area is 373 Å². The molecule has 11 nitrogen and oxygen atoms in total. The minimum Gasteiger partial charge on any atom is -0.480 e. The molecule has 0 spiro atoms. The Hall–Kier alpha value is -5.99. The lowest BCUT2D eigenvalue weighted by atomic mass is 9.93. The van der Waals surface area contributed by atoms with Gasteiger partial charge in [0.2, 0.25) is 11.4 Å². The number of unbranched alkanes of at least 4 members (excludes halogenated alkanes) is 1. The average molecular weight is 886 g/mol. The molecule has 326 valence electrons. The van der Waals surface area contributed by atoms with Gasteiger partial charge in [-0.3, -0.25) is 9.87 Å². The molecule has 0 bridgehead atoms. The second-order valence-corrected chi connectivity index (χ2v) is 18.6. The van der Waals surface area contributed by atoms with Crippen LogP contribution in [0.1, 0.15) is 54.3 Å². The molecule has 5 aromatic carbocycles. The van der Waals surface area contributed by atoms with Crippen molar-refractivity contribution in [2.24, 2.45) is 0 Å². The largest absolute Gasteiger partial charge is 0.480 e. The number of aliphatic carboxylic acids is 1. The fourth-order valence-electron chi connectivity index (χ4n) is 8.26. The molecule has 2 aliphatic heterocycles. The predicted octanol–water partition coefficient (Wildman–Crippen LogP) is 9.40. The summed E-state index contributed by atoms with van der Waals surface area (Å²) in [4.78, 5) is 16.2. The SMILES string of the molecule is CCC(/C=C1\Oc2ccc(-c3ccccc3)cc2N1CCCS(=O)(=O)O)=C\c1sc2ccc(C)cc2[n+]1CCCCNCOc1cccc(N2Cc3ccccc3CC2C(=O)O)c1. The number of benzene rings is 5. The summed E-state index contributed by atoms with van der Waals surface area (Å²) in [6, 6.07) is 37.8. The number of rotatable bonds is 18. The van der Waals surface area contributed by atoms with Gasteiger partial charge in [0.25, 0.3) is 15.1 Å². The van der Waals surface area contributed by atoms with E-state index in [1.54, 1.807) is 11.3 Å². The fraction of sp³-hybridized carbons (Fsp3) is 0.280. The van der Waals surface area contributed by atoms with Gasteiger partial charge < -0.3 is 24.4 Å². The van der Waals surface area contributed by atoms with Gasteiger partial charge in [0.05, 0.1) is 11.4 Å². The average Bonchev–Trinajstić information content (AvgIpc) is 3.80. The van der Waals surface area contributed by atoms with Gasteiger partial charge in [-0.25, -0.2) is 4.79 Å². The van der Waals surface area contributed by atoms with Crippen LogP contribution in [0.25, 0.3) is 27.4 Å². The lowest BCUT2D eigenvalue weighted by molar-refractivity contribution is -0.669. The predicted molar refractivity (Wildman–Crippen MR) is 251 cm³/mol. The minimum atomic E-state index is -4.12. The maximum absolute atomic E-state index is 12.3. The molecule has 3 heterocycles. The van der Waals surface area contributed by atoms with Gasteiger partial charge in [0.15, 0.2) is 12.3 Å². The van der Waals surface area contributed by atoms with Gasteiger partial charge in [0.1, 0.15) is 23.2 Å². The molecule has 0 radical (unpaired) electrons. The maximum Gasteiger partial charge on any atom is 0.326 e. The van der Waals surface area contributed by atoms with Crippen LogP contribution in [0.3, 0.4) is 0 Å². The van der Waals surface area contributed by atoms with E-state index in [1.165, 1.54) is 15.8 Å². The minimum absolute atomic E-state index is 0.229. The monoisotopic (exact) mass is 885 g/mol. The van der Waals surface area contributed by atoms with E-state index in [0.29, 0.717) is 43.6 Å². The van der Waals surface area contributed by atoms with Crippen LogP contribution in [0.2, 0.25) is 0 Å². The number of thiazole rings is 1. The Morgan fingerprint density at radius 3 is 2.54 bits per heavy atom. The fourth-order valence-corrected chi connectivity index (χ4v) is 9.90. The van der Waals surface area contributed by atoms with Gasteiger partial charge in [-0.2, -0.15) is 13.0 Å². The Kier molecular flexibility index (Phi) is 13.6. The molecule has 0 saturated carbocycles. The van der Waals surface area contributed by atoms with Crippen LogP contribution in [0, 0.1) is 6.92 Å². The Balaban J connectivity index is 0.931. The molecule has 8 rings (SSSR count). The molecule has 0 fully saturated rings. The Bertz CT molecular complexity index is 2770. The highest BCUT2D eigenvalue weighted by Gasteiger charge is 2.32. The first-order chi connectivity index (χ1) is 30.5. The van der Waals surface area contributed by atoms with Crippen molar-refractivity contribution in [1.29, 1.82) is 0 Å². The lowest BCUT2D eigenvalue weighted by Crippen LogP contribution is -2.45. The topological polar surface area (TPSA) is 133 Å². The van der Waals surface area contributed by atoms with Crippen molar-refractivity contribution in [1.82, 2.24) is 5.32 Å². The van der Waals surface area contributed by atoms with Crippen molar-refractivity contribution in [3.05, 3.63) is 154 Å². The number of aryl methyl sites for hydroxylation is 2. The highest BCUT2D eigenvalue weighted by Crippen LogP contribution is 2.42. The summed E-state index contributed by atoms with van der Waals surface area (Å²) in [6.07, 6.45) is 7.56. The molecule has 0 saturated heterocycles. The molecule has 1 unspecified atom stereocenters. The third-order valence-electron chi connectivity index (χ3n) is 11.5. The Morgan fingerprint density at radius 2 is 1.75 bits per heavy atom. The molecule has 1 aromatic heterocycles. The number of nitrogens with zero attached hydrogens (tertiary/aromatic N) is 3. The van der Waals surface area contributed by atoms with Crippen molar-refractivity contribution < 1.29 is 36.9 Å². The van der Waals surface area contributed by atoms with E-state index in [2.05, 4.69) is 72.3 Å². The quantitative estimate of drug-likeness (QED) is 0.0332. The number of ether oxygens (including phenoxy) is 2. The van der Waals surface area contributed by atoms with Crippen LogP contribution in [0.4, 0.5) is 11.4 Å². The van der Waals surface area contributed by atoms with Crippen molar-refractivity contribution >= 4 is 55.1 Å². The molecule has 0 amide bonds. The first kappa shape index (κ1) is 43.7. The summed E-state index contributed by atoms with van der Waals surface area (Å²) >= 11 is 1.75. The Morgan fingerprint density at radius 1 is 0.937 bits per heavy atom. The third-order valence-corrected chi connectivity index (χ3v) is 13.5. The number of fused-ring (bicyclic) bond motifs is 3. The van der Waals surface area contributed by atoms with Crippen molar-refractivity contribution in [2.45, 2.75) is 65.1 Å². The van der Waals surface area contributed by atoms with E-state index in [0.717, 1.165) is 76.6 Å². The number of hydrogen-bond acceptors (Lipinski definition) is 9. The van der Waals surface area contributed by atoms with Crippen LogP contribution in [0.5, 0.6) is 11.5 Å². The number of hydrogen-bond donors (Lipinski definition) is 3. The standard InChI is InChI=1S/C50H52N4O7S2/c1-3-36(28-48-52(25-12-26-63(57,58)59)43-30-39(20-21-46(43)61-48)37-13-5-4-6-14-37)29-49-53(44-27-35(2)19-22-47(44)62-49)24-10-9-23-51-34-60-42-18-11-17-41(32-42)54-33-40-16-8-7-15-38(40)31-45(54)50(55)56/h4-8,11,13-22,27-30,32,45,51H,3,9-10,12,23-26,31,33-34H2,1-2H3,(H-,55,56,57,58,59)/p+1. The summed E-state index contributed by atoms with van der Waals surface area (Å²) < 4.78 is 49.0. The molecule has 13 heteroatoms. The zero-order valence-corrected chi connectivity index (χ0v) is 37.2. The number of carboxylic acids is 1. The van der Waals surface area contributed by atoms with Gasteiger partial charge in [0, 0.05) is 55.9 Å². The number of allylic oxidation sites excluding steroid dienone is 2. The van der Waals surface area contributed by atoms with Gasteiger partial charge in [-0.05, 0) is 96.5 Å². The summed E-state index contributed by atoms with van der Waals surface area (Å²) in [5.74, 6) is 0.812. The van der Waals surface area contributed by atoms with Crippen LogP contribution in [0.15, 0.2) is 133 Å². The van der Waals surface area contributed by atoms with Crippen LogP contribution in [-0.2, 0) is 34.4 Å². The number of carboxylic acid groups (broad SMARTS) is 1. The number of aromatic nitrogens is 1. The second-order valence-electron chi connectivity index (χ2n) is 16.0. The summed E-state index contributed by atoms with van der Waals surface area (Å²) in [6.45, 7) is 7.03. The highest BCUT2D eigenvalue weighted by atomic mass is 32.2. The third kappa shape index (κ3) is 10.6. The summed E-state index contributed by atoms with van der Waals surface area (Å²) in [5, 5.41) is 14.6. The van der Waals surface area contributed by atoms with Crippen molar-refractivity contribution in [2.75, 3.05) is 35.4 Å². The number of carbonyl (C=O) groups is 1. The van der Waals surface area contributed by atoms with Crippen LogP contribution in [-0.4, -0.2) is 55.7 Å². The van der Waals surface area contributed by atoms with Crippen LogP contribution < -0.4 is 29.2 Å². The summed E-state index contributed by atoms with van der Waals surface area (Å²) in [7, 11) is -4.12. The van der Waals surface area contributed by atoms with E-state index in [9.17, 15) is 22.9 Å². The van der Waals surface area contributed by atoms with Gasteiger partial charge in [-0.1, -0.05) is 91.1 Å². The maximum atomic E-state index is 12.3. The van der Waals surface area contributed by atoms with Gasteiger partial charge in [-0.15, -0.1) is 0 Å².